The molecule has 1 aromatic carbocycles. The molecule has 0 spiro atoms. The number of nitrogens with zero attached hydrogens (tertiary/aromatic N) is 3. The highest BCUT2D eigenvalue weighted by Crippen LogP contribution is 2.35. The Morgan fingerprint density at radius 3 is 2.81 bits per heavy atom. The van der Waals surface area contributed by atoms with E-state index < -0.39 is 15.7 Å². The van der Waals surface area contributed by atoms with Crippen molar-refractivity contribution in [1.29, 1.82) is 0 Å². The van der Waals surface area contributed by atoms with Crippen molar-refractivity contribution in [2.75, 3.05) is 25.4 Å². The van der Waals surface area contributed by atoms with E-state index in [0.29, 0.717) is 6.61 Å². The van der Waals surface area contributed by atoms with E-state index in [1.165, 1.54) is 16.1 Å². The Labute approximate surface area is 162 Å². The zero-order valence-electron chi connectivity index (χ0n) is 15.1. The third kappa shape index (κ3) is 3.72. The minimum absolute atomic E-state index is 0.188. The summed E-state index contributed by atoms with van der Waals surface area (Å²) in [6, 6.07) is 4.97. The second-order valence-corrected chi connectivity index (χ2v) is 9.91. The fraction of sp³-hybridized carbons (Fsp3) is 0.500. The molecule has 27 heavy (non-hydrogen) atoms. The minimum atomic E-state index is -3.61. The lowest BCUT2D eigenvalue weighted by atomic mass is 9.97. The molecule has 0 aliphatic carbocycles. The second-order valence-electron chi connectivity index (χ2n) is 7.03. The van der Waals surface area contributed by atoms with Crippen molar-refractivity contribution in [2.24, 2.45) is 7.05 Å². The molecule has 0 radical (unpaired) electrons. The highest BCUT2D eigenvalue weighted by Gasteiger charge is 2.39. The Bertz CT molecular complexity index is 937. The van der Waals surface area contributed by atoms with E-state index in [-0.39, 0.29) is 36.6 Å². The van der Waals surface area contributed by atoms with Gasteiger partial charge in [0.2, 0.25) is 10.0 Å². The molecule has 2 aromatic rings. The third-order valence-electron chi connectivity index (χ3n) is 5.15. The fourth-order valence-electron chi connectivity index (χ4n) is 3.43. The van der Waals surface area contributed by atoms with Gasteiger partial charge in [-0.05, 0) is 36.6 Å². The summed E-state index contributed by atoms with van der Waals surface area (Å²) in [5, 5.41) is 0.766. The number of sulfonamides is 1. The van der Waals surface area contributed by atoms with E-state index in [2.05, 4.69) is 4.98 Å². The quantitative estimate of drug-likeness (QED) is 0.708. The van der Waals surface area contributed by atoms with Crippen LogP contribution in [0.3, 0.4) is 0 Å². The van der Waals surface area contributed by atoms with Gasteiger partial charge in [-0.25, -0.2) is 17.8 Å². The lowest BCUT2D eigenvalue weighted by Crippen LogP contribution is -2.45. The lowest BCUT2D eigenvalue weighted by Gasteiger charge is -2.35. The highest BCUT2D eigenvalue weighted by molar-refractivity contribution is 7.99. The summed E-state index contributed by atoms with van der Waals surface area (Å²) in [5.41, 5.74) is -0.464. The van der Waals surface area contributed by atoms with E-state index >= 15 is 4.39 Å². The molecule has 0 atom stereocenters. The van der Waals surface area contributed by atoms with Crippen LogP contribution in [0.25, 0.3) is 0 Å². The smallest absolute Gasteiger partial charge is 0.243 e. The number of thioether (sulfide) groups is 1. The number of rotatable bonds is 5. The number of piperidine rings is 1. The Kier molecular flexibility index (Phi) is 4.94. The van der Waals surface area contributed by atoms with E-state index in [1.54, 1.807) is 24.4 Å². The van der Waals surface area contributed by atoms with Crippen LogP contribution in [0.15, 0.2) is 40.6 Å². The van der Waals surface area contributed by atoms with Crippen LogP contribution in [0.1, 0.15) is 18.4 Å². The summed E-state index contributed by atoms with van der Waals surface area (Å²) in [5.74, 6) is 1.03. The largest absolute Gasteiger partial charge is 0.493 e. The van der Waals surface area contributed by atoms with Crippen LogP contribution in [-0.4, -0.2) is 53.4 Å². The number of hydrogen-bond acceptors (Lipinski definition) is 5. The van der Waals surface area contributed by atoms with Gasteiger partial charge in [0, 0.05) is 44.7 Å². The van der Waals surface area contributed by atoms with Crippen LogP contribution >= 0.6 is 11.8 Å². The van der Waals surface area contributed by atoms with Gasteiger partial charge in [-0.3, -0.25) is 0 Å². The van der Waals surface area contributed by atoms with Crippen molar-refractivity contribution >= 4 is 21.8 Å². The Morgan fingerprint density at radius 1 is 1.33 bits per heavy atom. The fourth-order valence-corrected chi connectivity index (χ4v) is 6.00. The van der Waals surface area contributed by atoms with Crippen molar-refractivity contribution in [2.45, 2.75) is 35.0 Å². The number of alkyl halides is 1. The summed E-state index contributed by atoms with van der Waals surface area (Å²) in [6.45, 7) is 0.960. The molecule has 1 saturated heterocycles. The Morgan fingerprint density at radius 2 is 2.11 bits per heavy atom. The molecule has 0 saturated carbocycles. The van der Waals surface area contributed by atoms with Gasteiger partial charge < -0.3 is 9.30 Å². The first kappa shape index (κ1) is 18.8. The van der Waals surface area contributed by atoms with E-state index in [1.807, 2.05) is 17.8 Å². The van der Waals surface area contributed by atoms with Crippen molar-refractivity contribution in [3.8, 4) is 5.75 Å². The molecule has 1 fully saturated rings. The molecule has 4 rings (SSSR count). The van der Waals surface area contributed by atoms with Crippen molar-refractivity contribution in [1.82, 2.24) is 13.9 Å². The molecule has 146 valence electrons. The predicted octanol–water partition coefficient (Wildman–Crippen LogP) is 2.64. The Hall–Kier alpha value is -1.58. The number of halogens is 1. The molecule has 1 aromatic heterocycles. The molecule has 6 nitrogen and oxygen atoms in total. The summed E-state index contributed by atoms with van der Waals surface area (Å²) < 4.78 is 49.7. The number of aryl methyl sites for hydroxylation is 1. The molecule has 2 aliphatic heterocycles. The second kappa shape index (κ2) is 7.10. The maximum Gasteiger partial charge on any atom is 0.243 e. The normalized spacial score (nSPS) is 19.6. The zero-order chi connectivity index (χ0) is 19.1. The lowest BCUT2D eigenvalue weighted by molar-refractivity contribution is 0.113. The predicted molar refractivity (Wildman–Crippen MR) is 101 cm³/mol. The van der Waals surface area contributed by atoms with Gasteiger partial charge in [-0.1, -0.05) is 11.8 Å². The molecule has 3 heterocycles. The standard InChI is InChI=1S/C18H22FN3O3S2/c1-21-10-7-20-17(21)26-13-18(19)5-8-22(9-6-18)27(23,24)15-2-3-16-14(12-15)4-11-25-16/h2-3,7,10,12H,4-6,8-9,11,13H2,1H3. The molecular weight excluding hydrogens is 389 g/mol. The highest BCUT2D eigenvalue weighted by atomic mass is 32.2. The van der Waals surface area contributed by atoms with Crippen LogP contribution in [0, 0.1) is 0 Å². The number of hydrogen-bond donors (Lipinski definition) is 0. The van der Waals surface area contributed by atoms with Gasteiger partial charge >= 0.3 is 0 Å². The third-order valence-corrected chi connectivity index (χ3v) is 8.36. The van der Waals surface area contributed by atoms with Crippen LogP contribution in [0.4, 0.5) is 4.39 Å². The summed E-state index contributed by atoms with van der Waals surface area (Å²) >= 11 is 1.37. The van der Waals surface area contributed by atoms with E-state index in [9.17, 15) is 8.42 Å². The van der Waals surface area contributed by atoms with Gasteiger partial charge in [0.05, 0.1) is 11.5 Å². The molecule has 0 N–H and O–H groups in total. The number of imidazole rings is 1. The zero-order valence-corrected chi connectivity index (χ0v) is 16.7. The number of fused-ring (bicyclic) bond motifs is 1. The number of benzene rings is 1. The van der Waals surface area contributed by atoms with Crippen LogP contribution < -0.4 is 4.74 Å². The molecule has 2 aliphatic rings. The van der Waals surface area contributed by atoms with Crippen molar-refractivity contribution < 1.29 is 17.5 Å². The maximum absolute atomic E-state index is 15.1. The van der Waals surface area contributed by atoms with Gasteiger partial charge in [-0.2, -0.15) is 4.31 Å². The van der Waals surface area contributed by atoms with Gasteiger partial charge in [0.15, 0.2) is 5.16 Å². The minimum Gasteiger partial charge on any atom is -0.493 e. The van der Waals surface area contributed by atoms with E-state index in [0.717, 1.165) is 22.9 Å². The average Bonchev–Trinajstić information content (AvgIpc) is 3.28. The first-order chi connectivity index (χ1) is 12.9. The van der Waals surface area contributed by atoms with E-state index in [4.69, 9.17) is 4.74 Å². The molecule has 0 amide bonds. The van der Waals surface area contributed by atoms with Crippen LogP contribution in [-0.2, 0) is 23.5 Å². The summed E-state index contributed by atoms with van der Waals surface area (Å²) in [7, 11) is -1.74. The summed E-state index contributed by atoms with van der Waals surface area (Å²) in [6.07, 6.45) is 4.61. The molecular formula is C18H22FN3O3S2. The SMILES string of the molecule is Cn1ccnc1SCC1(F)CCN(S(=O)(=O)c2ccc3c(c2)CCO3)CC1. The first-order valence-corrected chi connectivity index (χ1v) is 11.3. The van der Waals surface area contributed by atoms with Gasteiger partial charge in [-0.15, -0.1) is 0 Å². The molecule has 9 heteroatoms. The number of aromatic nitrogens is 2. The van der Waals surface area contributed by atoms with Gasteiger partial charge in [0.25, 0.3) is 0 Å². The first-order valence-electron chi connectivity index (χ1n) is 8.92. The van der Waals surface area contributed by atoms with Crippen LogP contribution in [0.5, 0.6) is 5.75 Å². The molecule has 0 unspecified atom stereocenters. The monoisotopic (exact) mass is 411 g/mol. The molecule has 0 bridgehead atoms. The summed E-state index contributed by atoms with van der Waals surface area (Å²) in [4.78, 5) is 4.46. The van der Waals surface area contributed by atoms with Gasteiger partial charge in [0.1, 0.15) is 11.4 Å². The van der Waals surface area contributed by atoms with Crippen LogP contribution in [0.2, 0.25) is 0 Å². The van der Waals surface area contributed by atoms with Crippen molar-refractivity contribution in [3.63, 3.8) is 0 Å². The average molecular weight is 412 g/mol. The number of ether oxygens (including phenoxy) is 1. The topological polar surface area (TPSA) is 64.4 Å². The van der Waals surface area contributed by atoms with Crippen molar-refractivity contribution in [3.05, 3.63) is 36.2 Å². The Balaban J connectivity index is 1.41. The maximum atomic E-state index is 15.1.